The Bertz CT molecular complexity index is 797. The molecule has 2 saturated heterocycles. The number of hydrogen-bond donors (Lipinski definition) is 1. The first-order valence-corrected chi connectivity index (χ1v) is 8.52. The van der Waals surface area contributed by atoms with Gasteiger partial charge in [0, 0.05) is 11.3 Å². The third kappa shape index (κ3) is 0.668. The topological polar surface area (TPSA) is 72.8 Å². The van der Waals surface area contributed by atoms with Crippen LogP contribution in [0.5, 0.6) is 0 Å². The quantitative estimate of drug-likeness (QED) is 0.591. The summed E-state index contributed by atoms with van der Waals surface area (Å²) in [5.74, 6) is -0.879. The molecule has 0 aromatic carbocycles. The van der Waals surface area contributed by atoms with Crippen LogP contribution in [0.15, 0.2) is 11.1 Å². The molecule has 4 bridgehead atoms. The van der Waals surface area contributed by atoms with Crippen molar-refractivity contribution in [3.8, 4) is 0 Å². The summed E-state index contributed by atoms with van der Waals surface area (Å²) >= 11 is 0. The van der Waals surface area contributed by atoms with Crippen LogP contribution in [0.25, 0.3) is 0 Å². The van der Waals surface area contributed by atoms with E-state index in [4.69, 9.17) is 9.47 Å². The van der Waals surface area contributed by atoms with E-state index in [0.717, 1.165) is 24.0 Å². The summed E-state index contributed by atoms with van der Waals surface area (Å²) in [4.78, 5) is 25.7. The molecule has 8 unspecified atom stereocenters. The Morgan fingerprint density at radius 3 is 2.48 bits per heavy atom. The molecule has 8 atom stereocenters. The average molecular weight is 316 g/mol. The zero-order chi connectivity index (χ0) is 16.4. The van der Waals surface area contributed by atoms with Crippen molar-refractivity contribution in [3.05, 3.63) is 11.1 Å². The second kappa shape index (κ2) is 2.77. The summed E-state index contributed by atoms with van der Waals surface area (Å²) in [5, 5.41) is 10.4. The molecule has 2 spiro atoms. The lowest BCUT2D eigenvalue weighted by Crippen LogP contribution is -2.49. The number of hydrogen-bond acceptors (Lipinski definition) is 4. The van der Waals surface area contributed by atoms with Crippen LogP contribution in [-0.4, -0.2) is 34.4 Å². The van der Waals surface area contributed by atoms with Crippen LogP contribution in [0.4, 0.5) is 0 Å². The van der Waals surface area contributed by atoms with Crippen molar-refractivity contribution in [2.24, 2.45) is 28.1 Å². The van der Waals surface area contributed by atoms with Crippen molar-refractivity contribution >= 4 is 11.9 Å². The summed E-state index contributed by atoms with van der Waals surface area (Å²) in [7, 11) is 0. The number of ether oxygens (including phenoxy) is 2. The lowest BCUT2D eigenvalue weighted by Gasteiger charge is -2.39. The maximum Gasteiger partial charge on any atom is 0.314 e. The van der Waals surface area contributed by atoms with Crippen molar-refractivity contribution in [1.82, 2.24) is 0 Å². The molecule has 1 N–H and O–H groups in total. The molecule has 0 aromatic heterocycles. The lowest BCUT2D eigenvalue weighted by atomic mass is 9.61. The Kier molecular flexibility index (Phi) is 1.56. The second-order valence-corrected chi connectivity index (χ2v) is 8.81. The normalized spacial score (nSPS) is 65.9. The van der Waals surface area contributed by atoms with Crippen molar-refractivity contribution in [2.75, 3.05) is 0 Å². The van der Waals surface area contributed by atoms with E-state index < -0.39 is 33.4 Å². The molecule has 0 aromatic rings. The van der Waals surface area contributed by atoms with Crippen molar-refractivity contribution < 1.29 is 24.2 Å². The van der Waals surface area contributed by atoms with Gasteiger partial charge in [-0.1, -0.05) is 0 Å². The fourth-order valence-electron chi connectivity index (χ4n) is 8.87. The number of carboxylic acids is 1. The molecule has 0 amide bonds. The van der Waals surface area contributed by atoms with Crippen LogP contribution in [-0.2, 0) is 19.1 Å². The minimum absolute atomic E-state index is 0.0531. The highest BCUT2D eigenvalue weighted by molar-refractivity contribution is 6.04. The van der Waals surface area contributed by atoms with E-state index >= 15 is 0 Å². The Morgan fingerprint density at radius 2 is 1.83 bits per heavy atom. The largest absolute Gasteiger partial charge is 0.481 e. The summed E-state index contributed by atoms with van der Waals surface area (Å²) in [6.07, 6.45) is 1.63. The first kappa shape index (κ1) is 13.0. The van der Waals surface area contributed by atoms with E-state index in [0.29, 0.717) is 0 Å². The lowest BCUT2D eigenvalue weighted by molar-refractivity contribution is -0.167. The van der Waals surface area contributed by atoms with Crippen LogP contribution in [0.3, 0.4) is 0 Å². The molecule has 5 fully saturated rings. The van der Waals surface area contributed by atoms with Gasteiger partial charge in [0.05, 0.1) is 5.60 Å². The number of fused-ring (bicyclic) bond motifs is 4. The third-order valence-corrected chi connectivity index (χ3v) is 9.19. The zero-order valence-electron chi connectivity index (χ0n) is 13.7. The third-order valence-electron chi connectivity index (χ3n) is 9.19. The van der Waals surface area contributed by atoms with E-state index in [2.05, 4.69) is 6.92 Å². The maximum atomic E-state index is 13.0. The van der Waals surface area contributed by atoms with Gasteiger partial charge >= 0.3 is 11.9 Å². The number of carbonyl (C=O) groups excluding carboxylic acids is 1. The Morgan fingerprint density at radius 1 is 1.17 bits per heavy atom. The Labute approximate surface area is 134 Å². The number of carboxylic acid groups (broad SMARTS) is 1. The van der Waals surface area contributed by atoms with Gasteiger partial charge in [0.1, 0.15) is 22.5 Å². The highest BCUT2D eigenvalue weighted by atomic mass is 16.6. The van der Waals surface area contributed by atoms with Crippen molar-refractivity contribution in [2.45, 2.75) is 57.8 Å². The fourth-order valence-corrected chi connectivity index (χ4v) is 8.87. The SMILES string of the molecule is CC1=C(C)C2(C)OC1(C)C1(C(=O)O)C34C(=O)OC5CC(CC53)C241. The van der Waals surface area contributed by atoms with Gasteiger partial charge in [0.15, 0.2) is 0 Å². The monoisotopic (exact) mass is 316 g/mol. The van der Waals surface area contributed by atoms with Crippen molar-refractivity contribution in [1.29, 1.82) is 0 Å². The number of esters is 1. The fraction of sp³-hybridized carbons (Fsp3) is 0.778. The molecular weight excluding hydrogens is 296 g/mol. The van der Waals surface area contributed by atoms with E-state index in [1.165, 1.54) is 0 Å². The number of aliphatic carboxylic acids is 1. The van der Waals surface area contributed by atoms with Gasteiger partial charge in [-0.05, 0) is 57.6 Å². The molecule has 3 saturated carbocycles. The minimum Gasteiger partial charge on any atom is -0.481 e. The zero-order valence-corrected chi connectivity index (χ0v) is 13.7. The molecule has 0 radical (unpaired) electrons. The number of carbonyl (C=O) groups is 2. The van der Waals surface area contributed by atoms with Gasteiger partial charge in [-0.25, -0.2) is 0 Å². The van der Waals surface area contributed by atoms with Gasteiger partial charge < -0.3 is 14.6 Å². The molecular formula is C18H20O5. The smallest absolute Gasteiger partial charge is 0.314 e. The van der Waals surface area contributed by atoms with E-state index in [-0.39, 0.29) is 23.9 Å². The molecule has 5 nitrogen and oxygen atoms in total. The predicted octanol–water partition coefficient (Wildman–Crippen LogP) is 1.91. The number of rotatable bonds is 1. The standard InChI is InChI=1S/C18H20O5/c1-7-8(2)15(4)18(12(19)20)16-10-5-9(6-11(10)22-13(16)21)17(16,18)14(7,3)23-15/h9-11H,5-6H2,1-4H3,(H,19,20). The second-order valence-electron chi connectivity index (χ2n) is 8.81. The molecule has 6 rings (SSSR count). The molecule has 3 aliphatic heterocycles. The Hall–Kier alpha value is -1.36. The molecule has 3 heterocycles. The highest BCUT2D eigenvalue weighted by Gasteiger charge is 3.14. The van der Waals surface area contributed by atoms with Gasteiger partial charge in [-0.3, -0.25) is 9.59 Å². The van der Waals surface area contributed by atoms with E-state index in [9.17, 15) is 14.7 Å². The highest BCUT2D eigenvalue weighted by Crippen LogP contribution is 3.04. The van der Waals surface area contributed by atoms with Crippen LogP contribution in [0.1, 0.15) is 40.5 Å². The molecule has 3 aliphatic carbocycles. The van der Waals surface area contributed by atoms with Gasteiger partial charge in [-0.15, -0.1) is 0 Å². The predicted molar refractivity (Wildman–Crippen MR) is 77.3 cm³/mol. The van der Waals surface area contributed by atoms with Crippen LogP contribution in [0, 0.1) is 28.1 Å². The van der Waals surface area contributed by atoms with Crippen LogP contribution in [0.2, 0.25) is 0 Å². The van der Waals surface area contributed by atoms with Gasteiger partial charge in [0.2, 0.25) is 0 Å². The summed E-state index contributed by atoms with van der Waals surface area (Å²) in [5.41, 5.74) is -2.11. The first-order valence-electron chi connectivity index (χ1n) is 8.52. The summed E-state index contributed by atoms with van der Waals surface area (Å²) in [6, 6.07) is 0. The van der Waals surface area contributed by atoms with Gasteiger partial charge in [-0.2, -0.15) is 0 Å². The summed E-state index contributed by atoms with van der Waals surface area (Å²) in [6.45, 7) is 7.95. The van der Waals surface area contributed by atoms with Crippen molar-refractivity contribution in [3.63, 3.8) is 0 Å². The van der Waals surface area contributed by atoms with E-state index in [1.54, 1.807) is 0 Å². The van der Waals surface area contributed by atoms with E-state index in [1.807, 2.05) is 20.8 Å². The average Bonchev–Trinajstić information content (AvgIpc) is 2.75. The molecule has 5 heteroatoms. The maximum absolute atomic E-state index is 13.0. The molecule has 23 heavy (non-hydrogen) atoms. The van der Waals surface area contributed by atoms with Crippen LogP contribution >= 0.6 is 0 Å². The summed E-state index contributed by atoms with van der Waals surface area (Å²) < 4.78 is 12.2. The molecule has 6 aliphatic rings. The minimum atomic E-state index is -1.15. The van der Waals surface area contributed by atoms with Crippen LogP contribution < -0.4 is 0 Å². The van der Waals surface area contributed by atoms with Gasteiger partial charge in [0.25, 0.3) is 0 Å². The Balaban J connectivity index is 1.80. The first-order chi connectivity index (χ1) is 10.7. The molecule has 122 valence electrons.